The minimum Gasteiger partial charge on any atom is -0.336 e. The fourth-order valence-corrected chi connectivity index (χ4v) is 2.95. The lowest BCUT2D eigenvalue weighted by Gasteiger charge is -2.05. The lowest BCUT2D eigenvalue weighted by molar-refractivity contribution is -0.393. The molecule has 0 aliphatic heterocycles. The zero-order valence-electron chi connectivity index (χ0n) is 14.3. The van der Waals surface area contributed by atoms with E-state index in [-0.39, 0.29) is 23.0 Å². The number of aromatic amines is 1. The van der Waals surface area contributed by atoms with Crippen molar-refractivity contribution in [3.05, 3.63) is 37.7 Å². The lowest BCUT2D eigenvalue weighted by atomic mass is 10.0. The van der Waals surface area contributed by atoms with Gasteiger partial charge in [0.25, 0.3) is 12.1 Å². The van der Waals surface area contributed by atoms with E-state index in [1.165, 1.54) is 0 Å². The zero-order chi connectivity index (χ0) is 19.3. The van der Waals surface area contributed by atoms with Crippen molar-refractivity contribution < 1.29 is 18.6 Å². The number of non-ortho nitro benzene ring substituents is 1. The Morgan fingerprint density at radius 2 is 1.69 bits per heavy atom. The van der Waals surface area contributed by atoms with Gasteiger partial charge in [-0.3, -0.25) is 20.2 Å². The van der Waals surface area contributed by atoms with Crippen molar-refractivity contribution >= 4 is 22.4 Å². The summed E-state index contributed by atoms with van der Waals surface area (Å²) in [5.74, 6) is -0.729. The maximum atomic E-state index is 13.0. The number of nitrogens with zero attached hydrogens (tertiary/aromatic N) is 3. The maximum absolute atomic E-state index is 13.0. The molecule has 8 nitrogen and oxygen atoms in total. The van der Waals surface area contributed by atoms with Gasteiger partial charge < -0.3 is 4.98 Å². The number of alkyl halides is 2. The summed E-state index contributed by atoms with van der Waals surface area (Å²) >= 11 is 0. The van der Waals surface area contributed by atoms with Crippen LogP contribution in [0.2, 0.25) is 0 Å². The number of aromatic nitrogens is 2. The molecule has 0 amide bonds. The highest BCUT2D eigenvalue weighted by Crippen LogP contribution is 2.36. The maximum Gasteiger partial charge on any atom is 0.303 e. The number of aryl methyl sites for hydroxylation is 1. The number of H-pyrrole nitrogens is 1. The Hall–Kier alpha value is -2.65. The molecule has 0 aliphatic carbocycles. The molecule has 0 unspecified atom stereocenters. The first-order valence-corrected chi connectivity index (χ1v) is 8.49. The van der Waals surface area contributed by atoms with Gasteiger partial charge in [0.15, 0.2) is 11.3 Å². The Balaban J connectivity index is 2.42. The van der Waals surface area contributed by atoms with Gasteiger partial charge in [0.1, 0.15) is 0 Å². The normalized spacial score (nSPS) is 11.4. The average molecular weight is 370 g/mol. The van der Waals surface area contributed by atoms with Crippen LogP contribution in [0, 0.1) is 20.2 Å². The van der Waals surface area contributed by atoms with Crippen molar-refractivity contribution in [2.45, 2.75) is 58.3 Å². The van der Waals surface area contributed by atoms with Gasteiger partial charge >= 0.3 is 5.69 Å². The topological polar surface area (TPSA) is 115 Å². The van der Waals surface area contributed by atoms with Crippen LogP contribution in [0.25, 0.3) is 11.0 Å². The lowest BCUT2D eigenvalue weighted by Crippen LogP contribution is -2.00. The van der Waals surface area contributed by atoms with Crippen molar-refractivity contribution in [1.29, 1.82) is 0 Å². The minimum absolute atomic E-state index is 0.0465. The third-order valence-corrected chi connectivity index (χ3v) is 4.23. The Kier molecular flexibility index (Phi) is 6.53. The number of halogens is 2. The predicted octanol–water partition coefficient (Wildman–Crippen LogP) is 5.22. The molecule has 2 rings (SSSR count). The Morgan fingerprint density at radius 1 is 1.08 bits per heavy atom. The molecule has 1 aromatic heterocycles. The quantitative estimate of drug-likeness (QED) is 0.350. The molecule has 142 valence electrons. The molecule has 1 N–H and O–H groups in total. The molecule has 2 aromatic rings. The number of hydrogen-bond acceptors (Lipinski definition) is 5. The Labute approximate surface area is 147 Å². The average Bonchev–Trinajstić information content (AvgIpc) is 3.02. The SMILES string of the molecule is CCCCCCCCc1c([N+](=O)[O-])cc([N+](=O)[O-])c2nc(C(F)F)[nH]c12. The predicted molar refractivity (Wildman–Crippen MR) is 91.4 cm³/mol. The van der Waals surface area contributed by atoms with Crippen LogP contribution < -0.4 is 0 Å². The van der Waals surface area contributed by atoms with E-state index >= 15 is 0 Å². The number of fused-ring (bicyclic) bond motifs is 1. The largest absolute Gasteiger partial charge is 0.336 e. The summed E-state index contributed by atoms with van der Waals surface area (Å²) in [6.45, 7) is 2.09. The van der Waals surface area contributed by atoms with Crippen LogP contribution in [0.5, 0.6) is 0 Å². The number of nitrogens with one attached hydrogen (secondary N) is 1. The summed E-state index contributed by atoms with van der Waals surface area (Å²) < 4.78 is 25.9. The van der Waals surface area contributed by atoms with Gasteiger partial charge in [-0.2, -0.15) is 0 Å². The highest BCUT2D eigenvalue weighted by Gasteiger charge is 2.29. The van der Waals surface area contributed by atoms with Crippen LogP contribution in [-0.4, -0.2) is 19.8 Å². The fraction of sp³-hybridized carbons (Fsp3) is 0.562. The number of imidazole rings is 1. The number of benzene rings is 1. The van der Waals surface area contributed by atoms with E-state index in [9.17, 15) is 29.0 Å². The second-order valence-electron chi connectivity index (χ2n) is 6.07. The third kappa shape index (κ3) is 4.30. The minimum atomic E-state index is -2.96. The van der Waals surface area contributed by atoms with Crippen LogP contribution in [0.4, 0.5) is 20.2 Å². The fourth-order valence-electron chi connectivity index (χ4n) is 2.95. The molecule has 0 spiro atoms. The van der Waals surface area contributed by atoms with Crippen molar-refractivity contribution in [2.24, 2.45) is 0 Å². The number of nitro benzene ring substituents is 2. The van der Waals surface area contributed by atoms with Gasteiger partial charge in [0.2, 0.25) is 0 Å². The van der Waals surface area contributed by atoms with E-state index in [2.05, 4.69) is 16.9 Å². The van der Waals surface area contributed by atoms with Crippen LogP contribution in [0.1, 0.15) is 63.3 Å². The standard InChI is InChI=1S/C16H20F2N4O4/c1-2-3-4-5-6-7-8-10-11(21(23)24)9-12(22(25)26)14-13(10)19-16(20-14)15(17)18/h9,15H,2-8H2,1H3,(H,19,20). The van der Waals surface area contributed by atoms with E-state index in [0.717, 1.165) is 38.2 Å². The second-order valence-corrected chi connectivity index (χ2v) is 6.07. The number of unbranched alkanes of at least 4 members (excludes halogenated alkanes) is 5. The third-order valence-electron chi connectivity index (χ3n) is 4.23. The molecule has 0 saturated heterocycles. The van der Waals surface area contributed by atoms with Crippen molar-refractivity contribution in [3.8, 4) is 0 Å². The van der Waals surface area contributed by atoms with Gasteiger partial charge in [-0.15, -0.1) is 0 Å². The molecule has 0 fully saturated rings. The van der Waals surface area contributed by atoms with E-state index in [1.807, 2.05) is 0 Å². The van der Waals surface area contributed by atoms with E-state index in [4.69, 9.17) is 0 Å². The van der Waals surface area contributed by atoms with Crippen molar-refractivity contribution in [3.63, 3.8) is 0 Å². The van der Waals surface area contributed by atoms with Crippen LogP contribution in [0.3, 0.4) is 0 Å². The summed E-state index contributed by atoms with van der Waals surface area (Å²) in [4.78, 5) is 26.9. The molecular formula is C16H20F2N4O4. The van der Waals surface area contributed by atoms with E-state index in [1.54, 1.807) is 0 Å². The number of rotatable bonds is 10. The summed E-state index contributed by atoms with van der Waals surface area (Å²) in [6.07, 6.45) is 3.02. The molecule has 1 heterocycles. The summed E-state index contributed by atoms with van der Waals surface area (Å²) in [6, 6.07) is 0.810. The molecule has 0 bridgehead atoms. The second kappa shape index (κ2) is 8.63. The highest BCUT2D eigenvalue weighted by molar-refractivity contribution is 5.91. The van der Waals surface area contributed by atoms with Gasteiger partial charge in [-0.05, 0) is 12.8 Å². The van der Waals surface area contributed by atoms with Crippen molar-refractivity contribution in [2.75, 3.05) is 0 Å². The smallest absolute Gasteiger partial charge is 0.303 e. The van der Waals surface area contributed by atoms with E-state index < -0.39 is 33.5 Å². The molecule has 0 atom stereocenters. The summed E-state index contributed by atoms with van der Waals surface area (Å²) in [7, 11) is 0. The zero-order valence-corrected chi connectivity index (χ0v) is 14.3. The molecule has 0 saturated carbocycles. The highest BCUT2D eigenvalue weighted by atomic mass is 19.3. The first kappa shape index (κ1) is 19.7. The first-order valence-electron chi connectivity index (χ1n) is 8.49. The van der Waals surface area contributed by atoms with Gasteiger partial charge in [0, 0.05) is 0 Å². The summed E-state index contributed by atoms with van der Waals surface area (Å²) in [5.41, 5.74) is -1.22. The monoisotopic (exact) mass is 370 g/mol. The van der Waals surface area contributed by atoms with Crippen molar-refractivity contribution in [1.82, 2.24) is 9.97 Å². The number of hydrogen-bond donors (Lipinski definition) is 1. The first-order chi connectivity index (χ1) is 12.4. The number of nitro groups is 2. The Morgan fingerprint density at radius 3 is 2.27 bits per heavy atom. The van der Waals surface area contributed by atoms with Gasteiger partial charge in [-0.25, -0.2) is 13.8 Å². The van der Waals surface area contributed by atoms with E-state index in [0.29, 0.717) is 6.42 Å². The molecular weight excluding hydrogens is 350 g/mol. The van der Waals surface area contributed by atoms with Gasteiger partial charge in [0.05, 0.1) is 27.0 Å². The molecule has 1 aromatic carbocycles. The molecule has 26 heavy (non-hydrogen) atoms. The Bertz CT molecular complexity index is 807. The van der Waals surface area contributed by atoms with Crippen LogP contribution >= 0.6 is 0 Å². The van der Waals surface area contributed by atoms with Crippen LogP contribution in [-0.2, 0) is 6.42 Å². The molecule has 10 heteroatoms. The van der Waals surface area contributed by atoms with Gasteiger partial charge in [-0.1, -0.05) is 39.0 Å². The van der Waals surface area contributed by atoms with Crippen LogP contribution in [0.15, 0.2) is 6.07 Å². The molecule has 0 radical (unpaired) electrons. The summed E-state index contributed by atoms with van der Waals surface area (Å²) in [5, 5.41) is 22.5. The molecule has 0 aliphatic rings.